The number of hydrogen-bond donors (Lipinski definition) is 1. The molecule has 0 saturated carbocycles. The van der Waals surface area contributed by atoms with Crippen LogP contribution >= 0.6 is 0 Å². The van der Waals surface area contributed by atoms with Crippen LogP contribution in [0.3, 0.4) is 0 Å². The maximum Gasteiger partial charge on any atom is 0.269 e. The average Bonchev–Trinajstić information content (AvgIpc) is 2.19. The van der Waals surface area contributed by atoms with Gasteiger partial charge >= 0.3 is 0 Å². The van der Waals surface area contributed by atoms with E-state index in [1.54, 1.807) is 6.92 Å². The summed E-state index contributed by atoms with van der Waals surface area (Å²) in [7, 11) is 0. The molecule has 16 heavy (non-hydrogen) atoms. The van der Waals surface area contributed by atoms with E-state index in [0.29, 0.717) is 6.42 Å². The fraction of sp³-hybridized carbons (Fsp3) is 0.333. The smallest absolute Gasteiger partial charge is 0.269 e. The molecule has 0 unspecified atom stereocenters. The lowest BCUT2D eigenvalue weighted by Crippen LogP contribution is -1.96. The van der Waals surface area contributed by atoms with Crippen LogP contribution in [0.2, 0.25) is 0 Å². The number of hydrogen-bond acceptors (Lipinski definition) is 5. The van der Waals surface area contributed by atoms with Gasteiger partial charge < -0.3 is 5.11 Å². The zero-order valence-corrected chi connectivity index (χ0v) is 8.70. The maximum atomic E-state index is 10.0. The molecule has 0 aliphatic carbocycles. The summed E-state index contributed by atoms with van der Waals surface area (Å²) in [6.45, 7) is 1.88. The second kappa shape index (κ2) is 7.16. The fourth-order valence-electron chi connectivity index (χ4n) is 0.757. The summed E-state index contributed by atoms with van der Waals surface area (Å²) in [4.78, 5) is 18.6. The minimum Gasteiger partial charge on any atom is -0.508 e. The molecule has 0 aliphatic heterocycles. The second-order valence-corrected chi connectivity index (χ2v) is 2.83. The first kappa shape index (κ1) is 13.8. The number of benzene rings is 1. The minimum atomic E-state index is -0.514. The molecular formula is C9H12N2O5. The van der Waals surface area contributed by atoms with E-state index in [1.165, 1.54) is 24.3 Å². The zero-order chi connectivity index (χ0) is 12.6. The number of aromatic hydroxyl groups is 1. The molecule has 7 nitrogen and oxygen atoms in total. The van der Waals surface area contributed by atoms with Gasteiger partial charge in [0.15, 0.2) is 0 Å². The van der Waals surface area contributed by atoms with Crippen molar-refractivity contribution in [3.05, 3.63) is 44.5 Å². The van der Waals surface area contributed by atoms with E-state index in [0.717, 1.165) is 0 Å². The fourth-order valence-corrected chi connectivity index (χ4v) is 0.757. The number of phenols is 1. The Bertz CT molecular complexity index is 349. The molecule has 0 heterocycles. The van der Waals surface area contributed by atoms with Gasteiger partial charge in [-0.1, -0.05) is 6.92 Å². The van der Waals surface area contributed by atoms with Crippen molar-refractivity contribution in [2.24, 2.45) is 0 Å². The standard InChI is InChI=1S/C6H5NO3.C3H7NO2/c8-6-3-1-5(2-4-6)7(9)10;1-2-3-4(5)6/h1-4,8H;2-3H2,1H3. The minimum absolute atomic E-state index is 0.0159. The molecule has 0 fully saturated rings. The monoisotopic (exact) mass is 228 g/mol. The van der Waals surface area contributed by atoms with Crippen LogP contribution in [0.4, 0.5) is 5.69 Å². The van der Waals surface area contributed by atoms with Gasteiger partial charge in [-0.25, -0.2) is 0 Å². The Kier molecular flexibility index (Phi) is 6.18. The Morgan fingerprint density at radius 1 is 1.19 bits per heavy atom. The van der Waals surface area contributed by atoms with Crippen molar-refractivity contribution in [1.82, 2.24) is 0 Å². The van der Waals surface area contributed by atoms with Gasteiger partial charge in [-0.05, 0) is 12.1 Å². The first-order valence-corrected chi connectivity index (χ1v) is 4.52. The van der Waals surface area contributed by atoms with Gasteiger partial charge in [0.05, 0.1) is 4.92 Å². The quantitative estimate of drug-likeness (QED) is 0.628. The summed E-state index contributed by atoms with van der Waals surface area (Å²) >= 11 is 0. The molecular weight excluding hydrogens is 216 g/mol. The van der Waals surface area contributed by atoms with Crippen LogP contribution in [-0.4, -0.2) is 21.5 Å². The van der Waals surface area contributed by atoms with Gasteiger partial charge in [-0.2, -0.15) is 0 Å². The summed E-state index contributed by atoms with van der Waals surface area (Å²) in [5, 5.41) is 28.2. The van der Waals surface area contributed by atoms with Crippen LogP contribution < -0.4 is 0 Å². The molecule has 0 bridgehead atoms. The number of nitro groups is 2. The molecule has 1 N–H and O–H groups in total. The number of nitrogens with zero attached hydrogens (tertiary/aromatic N) is 2. The average molecular weight is 228 g/mol. The Hall–Kier alpha value is -2.18. The van der Waals surface area contributed by atoms with Crippen molar-refractivity contribution in [2.45, 2.75) is 13.3 Å². The van der Waals surface area contributed by atoms with Gasteiger partial charge in [-0.15, -0.1) is 0 Å². The lowest BCUT2D eigenvalue weighted by Gasteiger charge is -1.89. The van der Waals surface area contributed by atoms with Gasteiger partial charge in [0.1, 0.15) is 5.75 Å². The second-order valence-electron chi connectivity index (χ2n) is 2.83. The SMILES string of the molecule is CCC[N+](=O)[O-].O=[N+]([O-])c1ccc(O)cc1. The third-order valence-electron chi connectivity index (χ3n) is 1.47. The predicted octanol–water partition coefficient (Wildman–Crippen LogP) is 1.97. The first-order valence-electron chi connectivity index (χ1n) is 4.52. The highest BCUT2D eigenvalue weighted by Crippen LogP contribution is 2.14. The van der Waals surface area contributed by atoms with Crippen molar-refractivity contribution in [3.8, 4) is 5.75 Å². The highest BCUT2D eigenvalue weighted by molar-refractivity contribution is 5.34. The van der Waals surface area contributed by atoms with Crippen molar-refractivity contribution in [1.29, 1.82) is 0 Å². The molecule has 1 aromatic carbocycles. The summed E-state index contributed by atoms with van der Waals surface area (Å²) in [5.74, 6) is 0.0330. The third-order valence-corrected chi connectivity index (χ3v) is 1.47. The molecule has 0 radical (unpaired) electrons. The van der Waals surface area contributed by atoms with Crippen LogP contribution in [-0.2, 0) is 0 Å². The molecule has 1 aromatic rings. The molecule has 88 valence electrons. The summed E-state index contributed by atoms with van der Waals surface area (Å²) in [5.41, 5.74) is -0.0159. The Balaban J connectivity index is 0.000000325. The van der Waals surface area contributed by atoms with E-state index < -0.39 is 4.92 Å². The van der Waals surface area contributed by atoms with Crippen LogP contribution in [0.1, 0.15) is 13.3 Å². The van der Waals surface area contributed by atoms with Crippen LogP contribution in [0.5, 0.6) is 5.75 Å². The summed E-state index contributed by atoms with van der Waals surface area (Å²) < 4.78 is 0. The topological polar surface area (TPSA) is 107 Å². The molecule has 0 atom stereocenters. The Morgan fingerprint density at radius 3 is 1.94 bits per heavy atom. The van der Waals surface area contributed by atoms with Crippen LogP contribution in [0.15, 0.2) is 24.3 Å². The normalized spacial score (nSPS) is 8.81. The van der Waals surface area contributed by atoms with Crippen LogP contribution in [0, 0.1) is 20.2 Å². The molecule has 1 rings (SSSR count). The van der Waals surface area contributed by atoms with E-state index in [9.17, 15) is 20.2 Å². The molecule has 0 saturated heterocycles. The maximum absolute atomic E-state index is 10.0. The van der Waals surface area contributed by atoms with E-state index >= 15 is 0 Å². The highest BCUT2D eigenvalue weighted by atomic mass is 16.6. The predicted molar refractivity (Wildman–Crippen MR) is 56.9 cm³/mol. The number of nitro benzene ring substituents is 1. The third kappa shape index (κ3) is 6.30. The van der Waals surface area contributed by atoms with Gasteiger partial charge in [0, 0.05) is 23.5 Å². The Morgan fingerprint density at radius 2 is 1.69 bits per heavy atom. The van der Waals surface area contributed by atoms with Gasteiger partial charge in [0.25, 0.3) is 5.69 Å². The molecule has 0 aromatic heterocycles. The van der Waals surface area contributed by atoms with Crippen molar-refractivity contribution < 1.29 is 15.0 Å². The first-order chi connectivity index (χ1) is 7.47. The largest absolute Gasteiger partial charge is 0.508 e. The lowest BCUT2D eigenvalue weighted by molar-refractivity contribution is -0.479. The number of rotatable bonds is 3. The number of phenolic OH excluding ortho intramolecular Hbond substituents is 1. The van der Waals surface area contributed by atoms with Crippen molar-refractivity contribution in [2.75, 3.05) is 6.54 Å². The van der Waals surface area contributed by atoms with Crippen LogP contribution in [0.25, 0.3) is 0 Å². The molecule has 7 heteroatoms. The number of non-ortho nitro benzene ring substituents is 1. The van der Waals surface area contributed by atoms with Crippen molar-refractivity contribution >= 4 is 5.69 Å². The summed E-state index contributed by atoms with van der Waals surface area (Å²) in [6, 6.07) is 5.04. The van der Waals surface area contributed by atoms with E-state index in [2.05, 4.69) is 0 Å². The van der Waals surface area contributed by atoms with E-state index in [1.807, 2.05) is 0 Å². The van der Waals surface area contributed by atoms with Gasteiger partial charge in [-0.3, -0.25) is 20.2 Å². The highest BCUT2D eigenvalue weighted by Gasteiger charge is 2.01. The molecule has 0 aliphatic rings. The Labute approximate surface area is 91.6 Å². The van der Waals surface area contributed by atoms with E-state index in [-0.39, 0.29) is 22.9 Å². The molecule has 0 spiro atoms. The van der Waals surface area contributed by atoms with Crippen molar-refractivity contribution in [3.63, 3.8) is 0 Å². The van der Waals surface area contributed by atoms with Gasteiger partial charge in [0.2, 0.25) is 6.54 Å². The summed E-state index contributed by atoms with van der Waals surface area (Å²) in [6.07, 6.45) is 0.632. The zero-order valence-electron chi connectivity index (χ0n) is 8.70. The lowest BCUT2D eigenvalue weighted by atomic mass is 10.3. The molecule has 0 amide bonds. The van der Waals surface area contributed by atoms with E-state index in [4.69, 9.17) is 5.11 Å².